The Labute approximate surface area is 140 Å². The number of rotatable bonds is 3. The molecular weight excluding hydrogens is 398 g/mol. The molecule has 0 aliphatic heterocycles. The van der Waals surface area contributed by atoms with E-state index in [9.17, 15) is 4.79 Å². The molecule has 0 heterocycles. The highest BCUT2D eigenvalue weighted by atomic mass is 79.9. The summed E-state index contributed by atoms with van der Waals surface area (Å²) in [4.78, 5) is 12.8. The van der Waals surface area contributed by atoms with Crippen LogP contribution in [0.2, 0.25) is 0 Å². The highest BCUT2D eigenvalue weighted by molar-refractivity contribution is 9.10. The van der Waals surface area contributed by atoms with Gasteiger partial charge >= 0.3 is 0 Å². The van der Waals surface area contributed by atoms with Crippen LogP contribution in [0.1, 0.15) is 27.0 Å². The van der Waals surface area contributed by atoms with Crippen molar-refractivity contribution in [2.45, 2.75) is 13.8 Å². The number of ether oxygens (including phenoxy) is 1. The van der Waals surface area contributed by atoms with Gasteiger partial charge in [-0.05, 0) is 49.2 Å². The molecule has 5 heteroatoms. The molecule has 3 nitrogen and oxygen atoms in total. The van der Waals surface area contributed by atoms with Gasteiger partial charge in [0.25, 0.3) is 0 Å². The van der Waals surface area contributed by atoms with Crippen LogP contribution in [0.15, 0.2) is 33.2 Å². The smallest absolute Gasteiger partial charge is 0.197 e. The van der Waals surface area contributed by atoms with Gasteiger partial charge in [-0.2, -0.15) is 0 Å². The number of carbonyl (C=O) groups is 1. The molecule has 2 N–H and O–H groups in total. The standard InChI is InChI=1S/C16H15Br2NO2/c1-8-4-15(21-3)12(7-13(8)18)16(20)11-5-10(17)6-14(19)9(11)2/h4-7H,19H2,1-3H3. The zero-order chi connectivity index (χ0) is 15.7. The Balaban J connectivity index is 2.63. The molecule has 0 aliphatic rings. The molecular formula is C16H15Br2NO2. The lowest BCUT2D eigenvalue weighted by molar-refractivity contribution is 0.103. The predicted octanol–water partition coefficient (Wildman–Crippen LogP) is 4.65. The Morgan fingerprint density at radius 1 is 1.10 bits per heavy atom. The van der Waals surface area contributed by atoms with Crippen molar-refractivity contribution in [3.05, 3.63) is 55.5 Å². The number of methoxy groups -OCH3 is 1. The van der Waals surface area contributed by atoms with Crippen LogP contribution in [0.25, 0.3) is 0 Å². The number of aryl methyl sites for hydroxylation is 1. The van der Waals surface area contributed by atoms with Gasteiger partial charge in [-0.1, -0.05) is 31.9 Å². The molecule has 0 saturated heterocycles. The largest absolute Gasteiger partial charge is 0.496 e. The van der Waals surface area contributed by atoms with Crippen LogP contribution < -0.4 is 10.5 Å². The van der Waals surface area contributed by atoms with Crippen LogP contribution >= 0.6 is 31.9 Å². The Morgan fingerprint density at radius 3 is 2.38 bits per heavy atom. The molecule has 0 atom stereocenters. The monoisotopic (exact) mass is 411 g/mol. The van der Waals surface area contributed by atoms with Gasteiger partial charge in [-0.15, -0.1) is 0 Å². The molecule has 2 rings (SSSR count). The van der Waals surface area contributed by atoms with Crippen molar-refractivity contribution in [3.63, 3.8) is 0 Å². The van der Waals surface area contributed by atoms with Gasteiger partial charge in [0.1, 0.15) is 5.75 Å². The average molecular weight is 413 g/mol. The number of nitrogen functional groups attached to an aromatic ring is 1. The summed E-state index contributed by atoms with van der Waals surface area (Å²) in [5, 5.41) is 0. The minimum atomic E-state index is -0.113. The highest BCUT2D eigenvalue weighted by Crippen LogP contribution is 2.31. The zero-order valence-electron chi connectivity index (χ0n) is 12.0. The van der Waals surface area contributed by atoms with Crippen molar-refractivity contribution >= 4 is 43.3 Å². The van der Waals surface area contributed by atoms with Gasteiger partial charge in [0.15, 0.2) is 5.78 Å². The quantitative estimate of drug-likeness (QED) is 0.589. The molecule has 2 aromatic carbocycles. The first-order valence-corrected chi connectivity index (χ1v) is 7.88. The lowest BCUT2D eigenvalue weighted by Gasteiger charge is -2.13. The summed E-state index contributed by atoms with van der Waals surface area (Å²) in [5.41, 5.74) is 9.37. The topological polar surface area (TPSA) is 52.3 Å². The summed E-state index contributed by atoms with van der Waals surface area (Å²) in [5.74, 6) is 0.441. The molecule has 0 unspecified atom stereocenters. The second-order valence-electron chi connectivity index (χ2n) is 4.80. The van der Waals surface area contributed by atoms with Crippen LogP contribution in [0.3, 0.4) is 0 Å². The molecule has 21 heavy (non-hydrogen) atoms. The predicted molar refractivity (Wildman–Crippen MR) is 92.2 cm³/mol. The zero-order valence-corrected chi connectivity index (χ0v) is 15.1. The summed E-state index contributed by atoms with van der Waals surface area (Å²) < 4.78 is 6.98. The lowest BCUT2D eigenvalue weighted by Crippen LogP contribution is -2.08. The van der Waals surface area contributed by atoms with Gasteiger partial charge in [-0.3, -0.25) is 4.79 Å². The maximum absolute atomic E-state index is 12.8. The Morgan fingerprint density at radius 2 is 1.76 bits per heavy atom. The van der Waals surface area contributed by atoms with E-state index in [1.54, 1.807) is 25.3 Å². The summed E-state index contributed by atoms with van der Waals surface area (Å²) in [6.07, 6.45) is 0. The SMILES string of the molecule is COc1cc(C)c(Br)cc1C(=O)c1cc(Br)cc(N)c1C. The van der Waals surface area contributed by atoms with E-state index in [4.69, 9.17) is 10.5 Å². The van der Waals surface area contributed by atoms with Crippen molar-refractivity contribution < 1.29 is 9.53 Å². The first-order chi connectivity index (χ1) is 9.85. The summed E-state index contributed by atoms with van der Waals surface area (Å²) in [6, 6.07) is 7.19. The van der Waals surface area contributed by atoms with Gasteiger partial charge in [0, 0.05) is 20.2 Å². The number of benzene rings is 2. The first kappa shape index (κ1) is 16.0. The molecule has 2 aromatic rings. The van der Waals surface area contributed by atoms with Crippen LogP contribution in [-0.2, 0) is 0 Å². The third-order valence-corrected chi connectivity index (χ3v) is 4.69. The minimum absolute atomic E-state index is 0.113. The molecule has 0 amide bonds. The van der Waals surface area contributed by atoms with E-state index < -0.39 is 0 Å². The number of hydrogen-bond acceptors (Lipinski definition) is 3. The number of halogens is 2. The maximum Gasteiger partial charge on any atom is 0.197 e. The van der Waals surface area contributed by atoms with Crippen molar-refractivity contribution in [2.75, 3.05) is 12.8 Å². The Hall–Kier alpha value is -1.33. The Kier molecular flexibility index (Phi) is 4.74. The van der Waals surface area contributed by atoms with Gasteiger partial charge < -0.3 is 10.5 Å². The number of carbonyl (C=O) groups excluding carboxylic acids is 1. The molecule has 0 aromatic heterocycles. The Bertz CT molecular complexity index is 727. The minimum Gasteiger partial charge on any atom is -0.496 e. The van der Waals surface area contributed by atoms with Crippen LogP contribution in [0, 0.1) is 13.8 Å². The van der Waals surface area contributed by atoms with Crippen molar-refractivity contribution in [1.82, 2.24) is 0 Å². The second kappa shape index (κ2) is 6.20. The summed E-state index contributed by atoms with van der Waals surface area (Å²) in [7, 11) is 1.56. The molecule has 0 saturated carbocycles. The fraction of sp³-hybridized carbons (Fsp3) is 0.188. The summed E-state index contributed by atoms with van der Waals surface area (Å²) in [6.45, 7) is 3.79. The van der Waals surface area contributed by atoms with E-state index in [1.807, 2.05) is 19.9 Å². The number of ketones is 1. The third kappa shape index (κ3) is 3.14. The highest BCUT2D eigenvalue weighted by Gasteiger charge is 2.19. The van der Waals surface area contributed by atoms with Gasteiger partial charge in [0.05, 0.1) is 12.7 Å². The molecule has 0 spiro atoms. The third-order valence-electron chi connectivity index (χ3n) is 3.38. The van der Waals surface area contributed by atoms with Crippen molar-refractivity contribution in [3.8, 4) is 5.75 Å². The van der Waals surface area contributed by atoms with E-state index in [-0.39, 0.29) is 5.78 Å². The normalized spacial score (nSPS) is 10.5. The average Bonchev–Trinajstić information content (AvgIpc) is 2.44. The van der Waals surface area contributed by atoms with Crippen LogP contribution in [0.4, 0.5) is 5.69 Å². The van der Waals surface area contributed by atoms with Crippen molar-refractivity contribution in [1.29, 1.82) is 0 Å². The number of hydrogen-bond donors (Lipinski definition) is 1. The number of nitrogens with two attached hydrogens (primary N) is 1. The van der Waals surface area contributed by atoms with Crippen LogP contribution in [-0.4, -0.2) is 12.9 Å². The molecule has 110 valence electrons. The molecule has 0 bridgehead atoms. The maximum atomic E-state index is 12.8. The number of anilines is 1. The van der Waals surface area contributed by atoms with Gasteiger partial charge in [-0.25, -0.2) is 0 Å². The van der Waals surface area contributed by atoms with E-state index in [1.165, 1.54) is 0 Å². The first-order valence-electron chi connectivity index (χ1n) is 6.29. The van der Waals surface area contributed by atoms with E-state index in [0.717, 1.165) is 20.1 Å². The molecule has 0 radical (unpaired) electrons. The fourth-order valence-corrected chi connectivity index (χ4v) is 2.90. The van der Waals surface area contributed by atoms with E-state index in [0.29, 0.717) is 22.6 Å². The van der Waals surface area contributed by atoms with Gasteiger partial charge in [0.2, 0.25) is 0 Å². The van der Waals surface area contributed by atoms with E-state index >= 15 is 0 Å². The molecule has 0 fully saturated rings. The second-order valence-corrected chi connectivity index (χ2v) is 6.57. The van der Waals surface area contributed by atoms with Crippen LogP contribution in [0.5, 0.6) is 5.75 Å². The summed E-state index contributed by atoms with van der Waals surface area (Å²) >= 11 is 6.83. The molecule has 0 aliphatic carbocycles. The fourth-order valence-electron chi connectivity index (χ4n) is 2.08. The van der Waals surface area contributed by atoms with E-state index in [2.05, 4.69) is 31.9 Å². The van der Waals surface area contributed by atoms with Crippen molar-refractivity contribution in [2.24, 2.45) is 0 Å². The lowest BCUT2D eigenvalue weighted by atomic mass is 9.96.